The lowest BCUT2D eigenvalue weighted by atomic mass is 9.75. The third kappa shape index (κ3) is 3.19. The second-order valence-corrected chi connectivity index (χ2v) is 4.92. The van der Waals surface area contributed by atoms with Crippen LogP contribution in [0.5, 0.6) is 0 Å². The van der Waals surface area contributed by atoms with Crippen molar-refractivity contribution in [3.63, 3.8) is 0 Å². The molecule has 0 aromatic heterocycles. The summed E-state index contributed by atoms with van der Waals surface area (Å²) < 4.78 is 0. The lowest BCUT2D eigenvalue weighted by Crippen LogP contribution is -2.46. The lowest BCUT2D eigenvalue weighted by molar-refractivity contribution is -0.132. The molecule has 1 saturated heterocycles. The molecule has 0 aromatic rings. The van der Waals surface area contributed by atoms with E-state index in [-0.39, 0.29) is 17.2 Å². The van der Waals surface area contributed by atoms with E-state index in [4.69, 9.17) is 0 Å². The van der Waals surface area contributed by atoms with Crippen molar-refractivity contribution in [1.29, 1.82) is 0 Å². The van der Waals surface area contributed by atoms with Crippen molar-refractivity contribution in [2.24, 2.45) is 11.3 Å². The quantitative estimate of drug-likeness (QED) is 0.628. The Kier molecular flexibility index (Phi) is 4.93. The fourth-order valence-corrected chi connectivity index (χ4v) is 2.25. The first-order chi connectivity index (χ1) is 8.03. The summed E-state index contributed by atoms with van der Waals surface area (Å²) in [6, 6.07) is 0. The first kappa shape index (κ1) is 14.0. The summed E-state index contributed by atoms with van der Waals surface area (Å²) in [5, 5.41) is 8.66. The van der Waals surface area contributed by atoms with Crippen molar-refractivity contribution in [1.82, 2.24) is 16.0 Å². The number of hydrogen-bond donors (Lipinski definition) is 3. The highest BCUT2D eigenvalue weighted by atomic mass is 16.2. The Morgan fingerprint density at radius 3 is 2.59 bits per heavy atom. The maximum atomic E-state index is 12.2. The van der Waals surface area contributed by atoms with E-state index in [2.05, 4.69) is 29.8 Å². The van der Waals surface area contributed by atoms with Crippen molar-refractivity contribution < 1.29 is 9.59 Å². The van der Waals surface area contributed by atoms with Crippen molar-refractivity contribution in [2.45, 2.75) is 26.7 Å². The van der Waals surface area contributed by atoms with Crippen LogP contribution >= 0.6 is 0 Å². The van der Waals surface area contributed by atoms with Crippen molar-refractivity contribution >= 4 is 11.8 Å². The summed E-state index contributed by atoms with van der Waals surface area (Å²) in [6.45, 7) is 6.18. The molecule has 0 aliphatic carbocycles. The van der Waals surface area contributed by atoms with Gasteiger partial charge in [0.05, 0.1) is 5.41 Å². The molecule has 0 radical (unpaired) electrons. The van der Waals surface area contributed by atoms with Crippen LogP contribution in [0.3, 0.4) is 0 Å². The van der Waals surface area contributed by atoms with Gasteiger partial charge < -0.3 is 16.0 Å². The standard InChI is InChI=1S/C12H23N3O2/c1-9(2)12(5-7-14-8-12)11(17)15-6-4-10(16)13-3/h9,14H,4-8H2,1-3H3,(H,13,16)(H,15,17). The molecule has 1 fully saturated rings. The van der Waals surface area contributed by atoms with Crippen LogP contribution in [-0.4, -0.2) is 38.5 Å². The van der Waals surface area contributed by atoms with Crippen LogP contribution in [0.15, 0.2) is 0 Å². The lowest BCUT2D eigenvalue weighted by Gasteiger charge is -2.31. The molecule has 1 aliphatic heterocycles. The minimum absolute atomic E-state index is 0.0477. The van der Waals surface area contributed by atoms with Crippen LogP contribution < -0.4 is 16.0 Å². The largest absolute Gasteiger partial charge is 0.359 e. The molecular weight excluding hydrogens is 218 g/mol. The molecular formula is C12H23N3O2. The van der Waals surface area contributed by atoms with Gasteiger partial charge in [0, 0.05) is 26.6 Å². The average Bonchev–Trinajstić information content (AvgIpc) is 2.78. The summed E-state index contributed by atoms with van der Waals surface area (Å²) in [5.41, 5.74) is -0.303. The molecule has 0 aromatic carbocycles. The molecule has 1 rings (SSSR count). The second-order valence-electron chi connectivity index (χ2n) is 4.92. The molecule has 1 aliphatic rings. The van der Waals surface area contributed by atoms with Crippen molar-refractivity contribution in [3.05, 3.63) is 0 Å². The molecule has 1 atom stereocenters. The molecule has 1 unspecified atom stereocenters. The predicted octanol–water partition coefficient (Wildman–Crippen LogP) is -0.126. The highest BCUT2D eigenvalue weighted by molar-refractivity contribution is 5.84. The Hall–Kier alpha value is -1.10. The molecule has 0 saturated carbocycles. The third-order valence-electron chi connectivity index (χ3n) is 3.66. The summed E-state index contributed by atoms with van der Waals surface area (Å²) in [4.78, 5) is 23.2. The highest BCUT2D eigenvalue weighted by Gasteiger charge is 2.43. The number of nitrogens with one attached hydrogen (secondary N) is 3. The van der Waals surface area contributed by atoms with E-state index in [9.17, 15) is 9.59 Å². The van der Waals surface area contributed by atoms with E-state index in [1.54, 1.807) is 7.05 Å². The molecule has 5 nitrogen and oxygen atoms in total. The molecule has 0 bridgehead atoms. The fourth-order valence-electron chi connectivity index (χ4n) is 2.25. The van der Waals surface area contributed by atoms with Crippen LogP contribution in [0.2, 0.25) is 0 Å². The number of hydrogen-bond acceptors (Lipinski definition) is 3. The summed E-state index contributed by atoms with van der Waals surface area (Å²) in [7, 11) is 1.60. The average molecular weight is 241 g/mol. The van der Waals surface area contributed by atoms with Crippen molar-refractivity contribution in [2.75, 3.05) is 26.7 Å². The summed E-state index contributed by atoms with van der Waals surface area (Å²) in [5.74, 6) is 0.326. The second kappa shape index (κ2) is 6.00. The number of rotatable bonds is 5. The van der Waals surface area contributed by atoms with Crippen LogP contribution in [0.4, 0.5) is 0 Å². The van der Waals surface area contributed by atoms with E-state index in [0.717, 1.165) is 19.5 Å². The Morgan fingerprint density at radius 2 is 2.12 bits per heavy atom. The van der Waals surface area contributed by atoms with Crippen LogP contribution in [0.1, 0.15) is 26.7 Å². The minimum atomic E-state index is -0.303. The molecule has 2 amide bonds. The topological polar surface area (TPSA) is 70.2 Å². The zero-order valence-corrected chi connectivity index (χ0v) is 10.9. The third-order valence-corrected chi connectivity index (χ3v) is 3.66. The molecule has 98 valence electrons. The molecule has 0 spiro atoms. The molecule has 1 heterocycles. The van der Waals surface area contributed by atoms with Crippen molar-refractivity contribution in [3.8, 4) is 0 Å². The zero-order valence-electron chi connectivity index (χ0n) is 10.9. The van der Waals surface area contributed by atoms with Gasteiger partial charge in [-0.15, -0.1) is 0 Å². The van der Waals surface area contributed by atoms with Gasteiger partial charge in [0.1, 0.15) is 0 Å². The van der Waals surface area contributed by atoms with Gasteiger partial charge in [0.2, 0.25) is 11.8 Å². The van der Waals surface area contributed by atoms with Gasteiger partial charge in [-0.05, 0) is 18.9 Å². The Bertz CT molecular complexity index is 283. The predicted molar refractivity (Wildman–Crippen MR) is 66.5 cm³/mol. The zero-order chi connectivity index (χ0) is 12.9. The number of carbonyl (C=O) groups excluding carboxylic acids is 2. The van der Waals surface area contributed by atoms with E-state index >= 15 is 0 Å². The van der Waals surface area contributed by atoms with Gasteiger partial charge in [-0.3, -0.25) is 9.59 Å². The van der Waals surface area contributed by atoms with Crippen LogP contribution in [0.25, 0.3) is 0 Å². The van der Waals surface area contributed by atoms with E-state index < -0.39 is 0 Å². The van der Waals surface area contributed by atoms with Crippen LogP contribution in [0, 0.1) is 11.3 Å². The monoisotopic (exact) mass is 241 g/mol. The van der Waals surface area contributed by atoms with E-state index in [0.29, 0.717) is 18.9 Å². The normalized spacial score (nSPS) is 23.8. The first-order valence-corrected chi connectivity index (χ1v) is 6.22. The SMILES string of the molecule is CNC(=O)CCNC(=O)C1(C(C)C)CCNC1. The van der Waals surface area contributed by atoms with Gasteiger partial charge in [0.15, 0.2) is 0 Å². The van der Waals surface area contributed by atoms with Crippen LogP contribution in [-0.2, 0) is 9.59 Å². The number of carbonyl (C=O) groups is 2. The van der Waals surface area contributed by atoms with Gasteiger partial charge >= 0.3 is 0 Å². The maximum Gasteiger partial charge on any atom is 0.227 e. The Labute approximate surface area is 103 Å². The maximum absolute atomic E-state index is 12.2. The van der Waals surface area contributed by atoms with Gasteiger partial charge in [-0.1, -0.05) is 13.8 Å². The number of amides is 2. The molecule has 5 heteroatoms. The summed E-state index contributed by atoms with van der Waals surface area (Å²) >= 11 is 0. The Balaban J connectivity index is 2.47. The molecule has 17 heavy (non-hydrogen) atoms. The Morgan fingerprint density at radius 1 is 1.41 bits per heavy atom. The smallest absolute Gasteiger partial charge is 0.227 e. The van der Waals surface area contributed by atoms with Gasteiger partial charge in [-0.25, -0.2) is 0 Å². The van der Waals surface area contributed by atoms with E-state index in [1.807, 2.05) is 0 Å². The fraction of sp³-hybridized carbons (Fsp3) is 0.833. The van der Waals surface area contributed by atoms with Gasteiger partial charge in [-0.2, -0.15) is 0 Å². The summed E-state index contributed by atoms with van der Waals surface area (Å²) in [6.07, 6.45) is 1.21. The molecule has 3 N–H and O–H groups in total. The minimum Gasteiger partial charge on any atom is -0.359 e. The highest BCUT2D eigenvalue weighted by Crippen LogP contribution is 2.34. The van der Waals surface area contributed by atoms with Gasteiger partial charge in [0.25, 0.3) is 0 Å². The van der Waals surface area contributed by atoms with E-state index in [1.165, 1.54) is 0 Å². The first-order valence-electron chi connectivity index (χ1n) is 6.22.